The number of likely N-dealkylation sites (N-methyl/N-ethyl adjacent to an activating group) is 1. The van der Waals surface area contributed by atoms with Crippen molar-refractivity contribution in [2.75, 3.05) is 33.4 Å². The van der Waals surface area contributed by atoms with Crippen LogP contribution >= 0.6 is 0 Å². The van der Waals surface area contributed by atoms with Gasteiger partial charge in [-0.25, -0.2) is 0 Å². The third-order valence-electron chi connectivity index (χ3n) is 6.41. The van der Waals surface area contributed by atoms with Gasteiger partial charge in [-0.3, -0.25) is 14.5 Å². The maximum Gasteiger partial charge on any atom is 0.251 e. The summed E-state index contributed by atoms with van der Waals surface area (Å²) in [6.07, 6.45) is 2.13. The summed E-state index contributed by atoms with van der Waals surface area (Å²) in [5.41, 5.74) is 2.50. The van der Waals surface area contributed by atoms with Crippen molar-refractivity contribution < 1.29 is 19.1 Å². The van der Waals surface area contributed by atoms with Gasteiger partial charge in [0, 0.05) is 37.9 Å². The average molecular weight is 482 g/mol. The number of amides is 2. The zero-order valence-electron chi connectivity index (χ0n) is 21.4. The van der Waals surface area contributed by atoms with E-state index in [1.54, 1.807) is 6.07 Å². The molecule has 3 rings (SSSR count). The van der Waals surface area contributed by atoms with Crippen molar-refractivity contribution >= 4 is 11.8 Å². The molecule has 1 heterocycles. The highest BCUT2D eigenvalue weighted by Crippen LogP contribution is 2.16. The molecule has 0 saturated carbocycles. The molecule has 0 aliphatic carbocycles. The van der Waals surface area contributed by atoms with Gasteiger partial charge in [0.15, 0.2) is 0 Å². The highest BCUT2D eigenvalue weighted by atomic mass is 16.5. The zero-order valence-corrected chi connectivity index (χ0v) is 21.4. The van der Waals surface area contributed by atoms with Crippen molar-refractivity contribution in [1.29, 1.82) is 0 Å². The molecule has 2 aromatic carbocycles. The monoisotopic (exact) mass is 481 g/mol. The van der Waals surface area contributed by atoms with E-state index < -0.39 is 6.04 Å². The number of carbonyl (C=O) groups excluding carboxylic acids is 2. The van der Waals surface area contributed by atoms with Crippen molar-refractivity contribution in [1.82, 2.24) is 15.5 Å². The summed E-state index contributed by atoms with van der Waals surface area (Å²) in [7, 11) is 2.13. The standard InChI is InChI=1S/C28H39N3O4/c1-20(2)26(30-27(32)23-9-5-7-21(3)17-23)28(33)29-19-22-8-6-10-25(18-22)35-16-13-31(4)24-11-14-34-15-12-24/h5-10,17-18,20,24,26H,11-16,19H2,1-4H3,(H,29,33)(H,30,32). The molecule has 1 unspecified atom stereocenters. The van der Waals surface area contributed by atoms with E-state index in [1.165, 1.54) is 0 Å². The van der Waals surface area contributed by atoms with Crippen molar-refractivity contribution in [2.45, 2.75) is 52.2 Å². The lowest BCUT2D eigenvalue weighted by atomic mass is 10.0. The lowest BCUT2D eigenvalue weighted by molar-refractivity contribution is -0.124. The number of carbonyl (C=O) groups is 2. The number of nitrogens with zero attached hydrogens (tertiary/aromatic N) is 1. The van der Waals surface area contributed by atoms with Crippen molar-refractivity contribution in [3.05, 3.63) is 65.2 Å². The van der Waals surface area contributed by atoms with Crippen molar-refractivity contribution in [2.24, 2.45) is 5.92 Å². The quantitative estimate of drug-likeness (QED) is 0.513. The summed E-state index contributed by atoms with van der Waals surface area (Å²) in [6, 6.07) is 15.0. The van der Waals surface area contributed by atoms with E-state index in [4.69, 9.17) is 9.47 Å². The molecule has 0 radical (unpaired) electrons. The predicted octanol–water partition coefficient (Wildman–Crippen LogP) is 3.56. The Morgan fingerprint density at radius 3 is 2.57 bits per heavy atom. The van der Waals surface area contributed by atoms with Gasteiger partial charge in [-0.2, -0.15) is 0 Å². The number of hydrogen-bond acceptors (Lipinski definition) is 5. The summed E-state index contributed by atoms with van der Waals surface area (Å²) in [5.74, 6) is 0.283. The molecule has 2 aromatic rings. The number of nitrogens with one attached hydrogen (secondary N) is 2. The molecule has 1 aliphatic rings. The van der Waals surface area contributed by atoms with Crippen molar-refractivity contribution in [3.63, 3.8) is 0 Å². The third kappa shape index (κ3) is 8.37. The van der Waals surface area contributed by atoms with Crippen LogP contribution in [0, 0.1) is 12.8 Å². The first-order valence-corrected chi connectivity index (χ1v) is 12.5. The minimum absolute atomic E-state index is 0.0499. The summed E-state index contributed by atoms with van der Waals surface area (Å²) < 4.78 is 11.4. The van der Waals surface area contributed by atoms with Crippen LogP contribution in [-0.2, 0) is 16.1 Å². The largest absolute Gasteiger partial charge is 0.492 e. The van der Waals surface area contributed by atoms with Crippen LogP contribution in [0.1, 0.15) is 48.2 Å². The molecule has 190 valence electrons. The lowest BCUT2D eigenvalue weighted by Gasteiger charge is -2.31. The molecule has 7 nitrogen and oxygen atoms in total. The maximum absolute atomic E-state index is 12.9. The Morgan fingerprint density at radius 1 is 1.11 bits per heavy atom. The Morgan fingerprint density at radius 2 is 1.86 bits per heavy atom. The van der Waals surface area contributed by atoms with E-state index in [0.717, 1.165) is 49.5 Å². The number of benzene rings is 2. The first kappa shape index (κ1) is 26.7. The van der Waals surface area contributed by atoms with Crippen LogP contribution in [-0.4, -0.2) is 62.2 Å². The number of rotatable bonds is 11. The summed E-state index contributed by atoms with van der Waals surface area (Å²) in [5, 5.41) is 5.85. The van der Waals surface area contributed by atoms with Crippen molar-refractivity contribution in [3.8, 4) is 5.75 Å². The van der Waals surface area contributed by atoms with Crippen LogP contribution < -0.4 is 15.4 Å². The average Bonchev–Trinajstić information content (AvgIpc) is 2.86. The zero-order chi connectivity index (χ0) is 25.2. The summed E-state index contributed by atoms with van der Waals surface area (Å²) in [4.78, 5) is 27.9. The fraction of sp³-hybridized carbons (Fsp3) is 0.500. The summed E-state index contributed by atoms with van der Waals surface area (Å²) >= 11 is 0. The van der Waals surface area contributed by atoms with Gasteiger partial charge in [0.2, 0.25) is 5.91 Å². The molecule has 2 amide bonds. The van der Waals surface area contributed by atoms with E-state index >= 15 is 0 Å². The van der Waals surface area contributed by atoms with E-state index in [9.17, 15) is 9.59 Å². The van der Waals surface area contributed by atoms with E-state index in [2.05, 4.69) is 22.6 Å². The fourth-order valence-corrected chi connectivity index (χ4v) is 4.21. The second-order valence-electron chi connectivity index (χ2n) is 9.60. The topological polar surface area (TPSA) is 79.9 Å². The molecule has 0 aromatic heterocycles. The van der Waals surface area contributed by atoms with E-state index in [0.29, 0.717) is 24.8 Å². The number of hydrogen-bond donors (Lipinski definition) is 2. The molecule has 0 spiro atoms. The molecular weight excluding hydrogens is 442 g/mol. The van der Waals surface area contributed by atoms with Gasteiger partial charge in [0.25, 0.3) is 5.91 Å². The second-order valence-corrected chi connectivity index (χ2v) is 9.60. The first-order valence-electron chi connectivity index (χ1n) is 12.5. The molecule has 1 atom stereocenters. The van der Waals surface area contributed by atoms with Gasteiger partial charge < -0.3 is 20.1 Å². The van der Waals surface area contributed by atoms with Crippen LogP contribution in [0.5, 0.6) is 5.75 Å². The third-order valence-corrected chi connectivity index (χ3v) is 6.41. The molecular formula is C28H39N3O4. The molecule has 1 fully saturated rings. The highest BCUT2D eigenvalue weighted by Gasteiger charge is 2.24. The highest BCUT2D eigenvalue weighted by molar-refractivity contribution is 5.97. The lowest BCUT2D eigenvalue weighted by Crippen LogP contribution is -2.49. The van der Waals surface area contributed by atoms with Gasteiger partial charge in [0.1, 0.15) is 18.4 Å². The SMILES string of the molecule is Cc1cccc(C(=O)NC(C(=O)NCc2cccc(OCCN(C)C3CCOCC3)c2)C(C)C)c1. The number of ether oxygens (including phenoxy) is 2. The Labute approximate surface area is 209 Å². The summed E-state index contributed by atoms with van der Waals surface area (Å²) in [6.45, 7) is 9.26. The van der Waals surface area contributed by atoms with Gasteiger partial charge in [0.05, 0.1) is 0 Å². The Bertz CT molecular complexity index is 972. The Balaban J connectivity index is 1.48. The van der Waals surface area contributed by atoms with Gasteiger partial charge >= 0.3 is 0 Å². The second kappa shape index (κ2) is 13.3. The van der Waals surface area contributed by atoms with E-state index in [-0.39, 0.29) is 17.7 Å². The first-order chi connectivity index (χ1) is 16.8. The van der Waals surface area contributed by atoms with Crippen LogP contribution in [0.2, 0.25) is 0 Å². The molecule has 1 aliphatic heterocycles. The fourth-order valence-electron chi connectivity index (χ4n) is 4.21. The van der Waals surface area contributed by atoms with Gasteiger partial charge in [-0.15, -0.1) is 0 Å². The molecule has 0 bridgehead atoms. The van der Waals surface area contributed by atoms with Crippen LogP contribution in [0.15, 0.2) is 48.5 Å². The number of aryl methyl sites for hydroxylation is 1. The van der Waals surface area contributed by atoms with E-state index in [1.807, 2.05) is 63.2 Å². The molecule has 35 heavy (non-hydrogen) atoms. The van der Waals surface area contributed by atoms with Crippen LogP contribution in [0.4, 0.5) is 0 Å². The molecule has 7 heteroatoms. The van der Waals surface area contributed by atoms with Gasteiger partial charge in [-0.1, -0.05) is 43.7 Å². The Hall–Kier alpha value is -2.90. The maximum atomic E-state index is 12.9. The smallest absolute Gasteiger partial charge is 0.251 e. The molecule has 1 saturated heterocycles. The van der Waals surface area contributed by atoms with Crippen LogP contribution in [0.25, 0.3) is 0 Å². The predicted molar refractivity (Wildman–Crippen MR) is 138 cm³/mol. The minimum Gasteiger partial charge on any atom is -0.492 e. The minimum atomic E-state index is -0.622. The Kier molecular flexibility index (Phi) is 10.1. The van der Waals surface area contributed by atoms with Crippen LogP contribution in [0.3, 0.4) is 0 Å². The normalized spacial score (nSPS) is 15.1. The molecule has 2 N–H and O–H groups in total. The van der Waals surface area contributed by atoms with Gasteiger partial charge in [-0.05, 0) is 62.6 Å².